The van der Waals surface area contributed by atoms with Crippen LogP contribution in [0.2, 0.25) is 0 Å². The third-order valence-electron chi connectivity index (χ3n) is 3.58. The molecule has 2 heterocycles. The van der Waals surface area contributed by atoms with Crippen molar-refractivity contribution in [1.82, 2.24) is 4.90 Å². The Balaban J connectivity index is 2.11. The van der Waals surface area contributed by atoms with Crippen molar-refractivity contribution in [2.24, 2.45) is 0 Å². The van der Waals surface area contributed by atoms with Crippen LogP contribution >= 0.6 is 0 Å². The Hall–Kier alpha value is -0.0800. The van der Waals surface area contributed by atoms with Gasteiger partial charge in [0.1, 0.15) is 5.72 Å². The van der Waals surface area contributed by atoms with Gasteiger partial charge in [0.05, 0.1) is 0 Å². The van der Waals surface area contributed by atoms with Crippen LogP contribution in [0.5, 0.6) is 0 Å². The van der Waals surface area contributed by atoms with Gasteiger partial charge in [-0.15, -0.1) is 0 Å². The molecule has 0 aromatic carbocycles. The zero-order chi connectivity index (χ0) is 8.60. The number of nitrogens with zero attached hydrogens (tertiary/aromatic N) is 1. The quantitative estimate of drug-likeness (QED) is 0.550. The monoisotopic (exact) mass is 169 g/mol. The molecule has 0 aromatic rings. The zero-order valence-corrected chi connectivity index (χ0v) is 8.18. The van der Waals surface area contributed by atoms with Gasteiger partial charge in [-0.1, -0.05) is 0 Å². The average Bonchev–Trinajstić information content (AvgIpc) is 2.50. The minimum atomic E-state index is 0.137. The van der Waals surface area contributed by atoms with Gasteiger partial charge < -0.3 is 4.74 Å². The minimum Gasteiger partial charge on any atom is -0.360 e. The van der Waals surface area contributed by atoms with Crippen molar-refractivity contribution < 1.29 is 4.74 Å². The molecule has 2 fully saturated rings. The van der Waals surface area contributed by atoms with Crippen molar-refractivity contribution in [1.29, 1.82) is 0 Å². The molecule has 2 aliphatic heterocycles. The molecule has 0 amide bonds. The Morgan fingerprint density at radius 3 is 2.75 bits per heavy atom. The highest BCUT2D eigenvalue weighted by Crippen LogP contribution is 2.38. The maximum absolute atomic E-state index is 5.89. The van der Waals surface area contributed by atoms with E-state index in [1.54, 1.807) is 0 Å². The van der Waals surface area contributed by atoms with Gasteiger partial charge in [-0.25, -0.2) is 0 Å². The van der Waals surface area contributed by atoms with E-state index in [0.717, 1.165) is 6.61 Å². The lowest BCUT2D eigenvalue weighted by atomic mass is 9.92. The molecule has 2 unspecified atom stereocenters. The summed E-state index contributed by atoms with van der Waals surface area (Å²) >= 11 is 0. The van der Waals surface area contributed by atoms with Crippen LogP contribution in [0.3, 0.4) is 0 Å². The second-order valence-electron chi connectivity index (χ2n) is 4.25. The molecule has 2 atom stereocenters. The summed E-state index contributed by atoms with van der Waals surface area (Å²) < 4.78 is 5.89. The summed E-state index contributed by atoms with van der Waals surface area (Å²) in [7, 11) is 2.22. The molecule has 0 aliphatic carbocycles. The van der Waals surface area contributed by atoms with Crippen molar-refractivity contribution >= 4 is 0 Å². The van der Waals surface area contributed by atoms with Crippen molar-refractivity contribution in [2.45, 2.75) is 50.8 Å². The van der Waals surface area contributed by atoms with Crippen LogP contribution in [0.1, 0.15) is 39.0 Å². The number of rotatable bonds is 0. The molecule has 12 heavy (non-hydrogen) atoms. The molecule has 2 nitrogen and oxygen atoms in total. The average molecular weight is 169 g/mol. The molecule has 0 aromatic heterocycles. The number of hydrogen-bond donors (Lipinski definition) is 0. The smallest absolute Gasteiger partial charge is 0.121 e. The molecule has 0 saturated carbocycles. The van der Waals surface area contributed by atoms with Gasteiger partial charge in [0.25, 0.3) is 0 Å². The maximum atomic E-state index is 5.89. The topological polar surface area (TPSA) is 12.5 Å². The fourth-order valence-electron chi connectivity index (χ4n) is 2.60. The molecule has 1 spiro atoms. The number of piperidine rings is 1. The third-order valence-corrected chi connectivity index (χ3v) is 3.58. The number of ether oxygens (including phenoxy) is 1. The first kappa shape index (κ1) is 8.52. The Bertz CT molecular complexity index is 163. The highest BCUT2D eigenvalue weighted by atomic mass is 16.5. The van der Waals surface area contributed by atoms with Crippen LogP contribution in [-0.2, 0) is 4.74 Å². The van der Waals surface area contributed by atoms with Gasteiger partial charge in [0.15, 0.2) is 0 Å². The summed E-state index contributed by atoms with van der Waals surface area (Å²) in [6, 6.07) is 0.705. The van der Waals surface area contributed by atoms with Crippen molar-refractivity contribution in [3.05, 3.63) is 0 Å². The van der Waals surface area contributed by atoms with Gasteiger partial charge in [-0.2, -0.15) is 0 Å². The predicted octanol–water partition coefficient (Wildman–Crippen LogP) is 2.00. The third kappa shape index (κ3) is 1.17. The van der Waals surface area contributed by atoms with Gasteiger partial charge >= 0.3 is 0 Å². The standard InChI is InChI=1S/C10H19NO/c1-9-5-3-6-10(11(9)2)7-4-8-12-10/h9H,3-8H2,1-2H3. The van der Waals surface area contributed by atoms with Crippen LogP contribution in [0, 0.1) is 0 Å². The van der Waals surface area contributed by atoms with E-state index in [1.165, 1.54) is 32.1 Å². The van der Waals surface area contributed by atoms with Gasteiger partial charge in [0, 0.05) is 12.6 Å². The molecule has 2 aliphatic rings. The van der Waals surface area contributed by atoms with Crippen molar-refractivity contribution in [3.8, 4) is 0 Å². The summed E-state index contributed by atoms with van der Waals surface area (Å²) in [5.74, 6) is 0. The van der Waals surface area contributed by atoms with Crippen molar-refractivity contribution in [2.75, 3.05) is 13.7 Å². The van der Waals surface area contributed by atoms with E-state index in [-0.39, 0.29) is 5.72 Å². The lowest BCUT2D eigenvalue weighted by molar-refractivity contribution is -0.149. The Morgan fingerprint density at radius 1 is 1.33 bits per heavy atom. The minimum absolute atomic E-state index is 0.137. The van der Waals surface area contributed by atoms with E-state index in [9.17, 15) is 0 Å². The number of likely N-dealkylation sites (tertiary alicyclic amines) is 1. The largest absolute Gasteiger partial charge is 0.360 e. The normalized spacial score (nSPS) is 44.0. The van der Waals surface area contributed by atoms with Crippen LogP contribution in [0.15, 0.2) is 0 Å². The zero-order valence-electron chi connectivity index (χ0n) is 8.18. The van der Waals surface area contributed by atoms with Gasteiger partial charge in [0.2, 0.25) is 0 Å². The van der Waals surface area contributed by atoms with Gasteiger partial charge in [-0.3, -0.25) is 4.90 Å². The van der Waals surface area contributed by atoms with E-state index in [1.807, 2.05) is 0 Å². The van der Waals surface area contributed by atoms with Crippen LogP contribution in [0.4, 0.5) is 0 Å². The summed E-state index contributed by atoms with van der Waals surface area (Å²) in [5, 5.41) is 0. The summed E-state index contributed by atoms with van der Waals surface area (Å²) in [6.07, 6.45) is 6.41. The summed E-state index contributed by atoms with van der Waals surface area (Å²) in [5.41, 5.74) is 0.137. The SMILES string of the molecule is CC1CCCC2(CCCO2)N1C. The first-order chi connectivity index (χ1) is 5.75. The van der Waals surface area contributed by atoms with E-state index in [4.69, 9.17) is 4.74 Å². The van der Waals surface area contributed by atoms with E-state index in [0.29, 0.717) is 6.04 Å². The lowest BCUT2D eigenvalue weighted by Crippen LogP contribution is -2.53. The fraction of sp³-hybridized carbons (Fsp3) is 1.00. The van der Waals surface area contributed by atoms with Gasteiger partial charge in [-0.05, 0) is 46.1 Å². The molecule has 2 saturated heterocycles. The lowest BCUT2D eigenvalue weighted by Gasteiger charge is -2.45. The molecule has 2 heteroatoms. The Morgan fingerprint density at radius 2 is 2.08 bits per heavy atom. The van der Waals surface area contributed by atoms with Crippen molar-refractivity contribution in [3.63, 3.8) is 0 Å². The highest BCUT2D eigenvalue weighted by Gasteiger charge is 2.42. The molecular weight excluding hydrogens is 150 g/mol. The summed E-state index contributed by atoms with van der Waals surface area (Å²) in [6.45, 7) is 3.28. The van der Waals surface area contributed by atoms with E-state index >= 15 is 0 Å². The first-order valence-corrected chi connectivity index (χ1v) is 5.11. The highest BCUT2D eigenvalue weighted by molar-refractivity contribution is 4.90. The Labute approximate surface area is 74.9 Å². The molecular formula is C10H19NO. The van der Waals surface area contributed by atoms with Crippen LogP contribution in [-0.4, -0.2) is 30.3 Å². The predicted molar refractivity (Wildman–Crippen MR) is 49.0 cm³/mol. The first-order valence-electron chi connectivity index (χ1n) is 5.11. The molecule has 70 valence electrons. The van der Waals surface area contributed by atoms with E-state index < -0.39 is 0 Å². The second-order valence-corrected chi connectivity index (χ2v) is 4.25. The summed E-state index contributed by atoms with van der Waals surface area (Å²) in [4.78, 5) is 2.45. The molecule has 0 bridgehead atoms. The molecule has 0 N–H and O–H groups in total. The Kier molecular flexibility index (Phi) is 2.13. The maximum Gasteiger partial charge on any atom is 0.121 e. The van der Waals surface area contributed by atoms with Crippen LogP contribution in [0.25, 0.3) is 0 Å². The van der Waals surface area contributed by atoms with E-state index in [2.05, 4.69) is 18.9 Å². The second kappa shape index (κ2) is 3.00. The fourth-order valence-corrected chi connectivity index (χ4v) is 2.60. The molecule has 2 rings (SSSR count). The molecule has 0 radical (unpaired) electrons. The number of hydrogen-bond acceptors (Lipinski definition) is 2. The van der Waals surface area contributed by atoms with Crippen LogP contribution < -0.4 is 0 Å².